The summed E-state index contributed by atoms with van der Waals surface area (Å²) in [6.45, 7) is 0. The van der Waals surface area contributed by atoms with E-state index in [4.69, 9.17) is 23.8 Å². The minimum Gasteiger partial charge on any atom is -0.332 e. The fraction of sp³-hybridized carbons (Fsp3) is 0. The van der Waals surface area contributed by atoms with E-state index in [1.807, 2.05) is 0 Å². The fourth-order valence-electron chi connectivity index (χ4n) is 1.61. The van der Waals surface area contributed by atoms with Crippen LogP contribution in [0.1, 0.15) is 10.4 Å². The molecule has 2 aromatic carbocycles. The maximum atomic E-state index is 12.0. The normalized spacial score (nSPS) is 9.86. The van der Waals surface area contributed by atoms with Gasteiger partial charge in [0.1, 0.15) is 0 Å². The van der Waals surface area contributed by atoms with Crippen LogP contribution in [0, 0.1) is 10.1 Å². The summed E-state index contributed by atoms with van der Waals surface area (Å²) < 4.78 is 0. The highest BCUT2D eigenvalue weighted by atomic mass is 35.5. The highest BCUT2D eigenvalue weighted by Crippen LogP contribution is 2.14. The third-order valence-electron chi connectivity index (χ3n) is 2.67. The van der Waals surface area contributed by atoms with Crippen molar-refractivity contribution in [3.8, 4) is 0 Å². The van der Waals surface area contributed by atoms with Gasteiger partial charge in [0.2, 0.25) is 0 Å². The van der Waals surface area contributed by atoms with Gasteiger partial charge in [-0.15, -0.1) is 0 Å². The van der Waals surface area contributed by atoms with Gasteiger partial charge >= 0.3 is 0 Å². The smallest absolute Gasteiger partial charge is 0.269 e. The van der Waals surface area contributed by atoms with Crippen molar-refractivity contribution in [2.45, 2.75) is 0 Å². The molecule has 0 aromatic heterocycles. The number of non-ortho nitro benzene ring substituents is 1. The molecule has 0 radical (unpaired) electrons. The van der Waals surface area contributed by atoms with Crippen LogP contribution in [0.3, 0.4) is 0 Å². The Bertz CT molecular complexity index is 717. The van der Waals surface area contributed by atoms with Crippen molar-refractivity contribution in [2.24, 2.45) is 0 Å². The molecule has 0 aliphatic heterocycles. The van der Waals surface area contributed by atoms with E-state index >= 15 is 0 Å². The maximum Gasteiger partial charge on any atom is 0.269 e. The Morgan fingerprint density at radius 3 is 2.23 bits per heavy atom. The van der Waals surface area contributed by atoms with E-state index in [0.717, 1.165) is 0 Å². The van der Waals surface area contributed by atoms with E-state index < -0.39 is 10.8 Å². The number of carbonyl (C=O) groups is 1. The average molecular weight is 336 g/mol. The first-order chi connectivity index (χ1) is 10.5. The van der Waals surface area contributed by atoms with E-state index in [-0.39, 0.29) is 16.4 Å². The summed E-state index contributed by atoms with van der Waals surface area (Å²) in [4.78, 5) is 22.0. The van der Waals surface area contributed by atoms with Gasteiger partial charge in [-0.3, -0.25) is 20.2 Å². The van der Waals surface area contributed by atoms with Gasteiger partial charge in [-0.05, 0) is 48.6 Å². The molecule has 0 saturated carbocycles. The highest BCUT2D eigenvalue weighted by molar-refractivity contribution is 7.80. The number of thiocarbonyl (C=S) groups is 1. The first-order valence-electron chi connectivity index (χ1n) is 6.08. The van der Waals surface area contributed by atoms with Gasteiger partial charge in [-0.25, -0.2) is 0 Å². The fourth-order valence-corrected chi connectivity index (χ4v) is 1.94. The van der Waals surface area contributed by atoms with Crippen molar-refractivity contribution in [1.82, 2.24) is 5.32 Å². The van der Waals surface area contributed by atoms with Gasteiger partial charge < -0.3 is 5.32 Å². The Kier molecular flexibility index (Phi) is 5.03. The lowest BCUT2D eigenvalue weighted by atomic mass is 10.2. The van der Waals surface area contributed by atoms with Crippen LogP contribution in [-0.4, -0.2) is 15.9 Å². The van der Waals surface area contributed by atoms with Crippen molar-refractivity contribution >= 4 is 46.2 Å². The lowest BCUT2D eigenvalue weighted by Crippen LogP contribution is -2.34. The van der Waals surface area contributed by atoms with Crippen LogP contribution in [0.25, 0.3) is 0 Å². The number of hydrogen-bond donors (Lipinski definition) is 2. The number of carbonyl (C=O) groups excluding carboxylic acids is 1. The third-order valence-corrected chi connectivity index (χ3v) is 3.13. The van der Waals surface area contributed by atoms with Gasteiger partial charge in [-0.2, -0.15) is 0 Å². The lowest BCUT2D eigenvalue weighted by Gasteiger charge is -2.09. The molecular weight excluding hydrogens is 326 g/mol. The zero-order valence-electron chi connectivity index (χ0n) is 11.1. The standard InChI is InChI=1S/C14H10ClN3O3S/c15-10-3-5-11(6-4-10)16-14(22)17-13(19)9-1-7-12(8-2-9)18(20)21/h1-8H,(H2,16,17,19,22). The van der Waals surface area contributed by atoms with E-state index in [1.165, 1.54) is 24.3 Å². The molecule has 0 bridgehead atoms. The third kappa shape index (κ3) is 4.24. The van der Waals surface area contributed by atoms with Gasteiger partial charge in [0, 0.05) is 28.4 Å². The van der Waals surface area contributed by atoms with E-state index in [2.05, 4.69) is 10.6 Å². The molecule has 0 spiro atoms. The largest absolute Gasteiger partial charge is 0.332 e. The molecule has 2 N–H and O–H groups in total. The van der Waals surface area contributed by atoms with Gasteiger partial charge in [0.15, 0.2) is 5.11 Å². The number of anilines is 1. The van der Waals surface area contributed by atoms with Crippen LogP contribution in [0.2, 0.25) is 5.02 Å². The molecule has 0 fully saturated rings. The van der Waals surface area contributed by atoms with Crippen LogP contribution < -0.4 is 10.6 Å². The summed E-state index contributed by atoms with van der Waals surface area (Å²) in [5.74, 6) is -0.457. The number of nitrogens with one attached hydrogen (secondary N) is 2. The topological polar surface area (TPSA) is 84.3 Å². The zero-order valence-corrected chi connectivity index (χ0v) is 12.6. The first-order valence-corrected chi connectivity index (χ1v) is 6.86. The van der Waals surface area contributed by atoms with Crippen LogP contribution in [-0.2, 0) is 0 Å². The second kappa shape index (κ2) is 6.97. The molecule has 22 heavy (non-hydrogen) atoms. The highest BCUT2D eigenvalue weighted by Gasteiger charge is 2.10. The molecule has 8 heteroatoms. The quantitative estimate of drug-likeness (QED) is 0.510. The first kappa shape index (κ1) is 15.9. The monoisotopic (exact) mass is 335 g/mol. The molecule has 0 unspecified atom stereocenters. The number of hydrogen-bond acceptors (Lipinski definition) is 4. The summed E-state index contributed by atoms with van der Waals surface area (Å²) in [5, 5.41) is 16.6. The Hall–Kier alpha value is -2.51. The molecule has 2 aromatic rings. The summed E-state index contributed by atoms with van der Waals surface area (Å²) in [7, 11) is 0. The second-order valence-corrected chi connectivity index (χ2v) is 5.06. The summed E-state index contributed by atoms with van der Waals surface area (Å²) in [5.41, 5.74) is 0.864. The Morgan fingerprint density at radius 1 is 1.09 bits per heavy atom. The number of nitro groups is 1. The van der Waals surface area contributed by atoms with Crippen molar-refractivity contribution in [3.63, 3.8) is 0 Å². The van der Waals surface area contributed by atoms with Gasteiger partial charge in [0.25, 0.3) is 11.6 Å². The number of amides is 1. The predicted octanol–water partition coefficient (Wildman–Crippen LogP) is 3.38. The average Bonchev–Trinajstić information content (AvgIpc) is 2.49. The van der Waals surface area contributed by atoms with Crippen molar-refractivity contribution in [1.29, 1.82) is 0 Å². The maximum absolute atomic E-state index is 12.0. The molecule has 0 saturated heterocycles. The number of nitro benzene ring substituents is 1. The minimum atomic E-state index is -0.533. The Balaban J connectivity index is 1.97. The van der Waals surface area contributed by atoms with E-state index in [1.54, 1.807) is 24.3 Å². The van der Waals surface area contributed by atoms with Crippen molar-refractivity contribution < 1.29 is 9.72 Å². The molecule has 1 amide bonds. The van der Waals surface area contributed by atoms with Crippen molar-refractivity contribution in [3.05, 3.63) is 69.2 Å². The SMILES string of the molecule is O=C(NC(=S)Nc1ccc(Cl)cc1)c1ccc([N+](=O)[O-])cc1. The molecule has 112 valence electrons. The number of halogens is 1. The number of benzene rings is 2. The number of rotatable bonds is 3. The Morgan fingerprint density at radius 2 is 1.68 bits per heavy atom. The van der Waals surface area contributed by atoms with Crippen LogP contribution >= 0.6 is 23.8 Å². The molecule has 0 atom stereocenters. The zero-order chi connectivity index (χ0) is 16.1. The van der Waals surface area contributed by atoms with E-state index in [0.29, 0.717) is 10.7 Å². The van der Waals surface area contributed by atoms with Gasteiger partial charge in [-0.1, -0.05) is 11.6 Å². The molecule has 6 nitrogen and oxygen atoms in total. The van der Waals surface area contributed by atoms with Crippen LogP contribution in [0.5, 0.6) is 0 Å². The summed E-state index contributed by atoms with van der Waals surface area (Å²) in [6, 6.07) is 12.0. The lowest BCUT2D eigenvalue weighted by molar-refractivity contribution is -0.384. The molecular formula is C14H10ClN3O3S. The Labute approximate surface area is 136 Å². The van der Waals surface area contributed by atoms with Crippen LogP contribution in [0.15, 0.2) is 48.5 Å². The summed E-state index contributed by atoms with van der Waals surface area (Å²) in [6.07, 6.45) is 0. The summed E-state index contributed by atoms with van der Waals surface area (Å²) >= 11 is 10.8. The molecule has 0 aliphatic carbocycles. The molecule has 0 heterocycles. The van der Waals surface area contributed by atoms with E-state index in [9.17, 15) is 14.9 Å². The molecule has 0 aliphatic rings. The van der Waals surface area contributed by atoms with Crippen LogP contribution in [0.4, 0.5) is 11.4 Å². The number of nitrogens with zero attached hydrogens (tertiary/aromatic N) is 1. The second-order valence-electron chi connectivity index (χ2n) is 4.22. The van der Waals surface area contributed by atoms with Gasteiger partial charge in [0.05, 0.1) is 4.92 Å². The predicted molar refractivity (Wildman–Crippen MR) is 88.2 cm³/mol. The minimum absolute atomic E-state index is 0.0848. The molecule has 2 rings (SSSR count). The van der Waals surface area contributed by atoms with Crippen molar-refractivity contribution in [2.75, 3.05) is 5.32 Å².